The summed E-state index contributed by atoms with van der Waals surface area (Å²) in [7, 11) is 0. The van der Waals surface area contributed by atoms with Crippen LogP contribution in [0.15, 0.2) is 12.1 Å². The molecule has 1 aromatic heterocycles. The quantitative estimate of drug-likeness (QED) is 0.776. The Kier molecular flexibility index (Phi) is 2.80. The Labute approximate surface area is 129 Å². The molecule has 0 bridgehead atoms. The SMILES string of the molecule is Cc1cc2c(cc1C)-c1nc(N)sc1C1(CCCCC1)O2. The molecule has 0 amide bonds. The zero-order valence-corrected chi connectivity index (χ0v) is 13.3. The molecule has 1 aliphatic heterocycles. The van der Waals surface area contributed by atoms with Gasteiger partial charge in [0.2, 0.25) is 0 Å². The van der Waals surface area contributed by atoms with E-state index in [1.807, 2.05) is 0 Å². The molecule has 1 spiro atoms. The zero-order chi connectivity index (χ0) is 14.6. The van der Waals surface area contributed by atoms with Crippen LogP contribution in [0.25, 0.3) is 11.3 Å². The maximum absolute atomic E-state index is 6.55. The molecule has 2 N–H and O–H groups in total. The number of thiazole rings is 1. The van der Waals surface area contributed by atoms with E-state index in [1.165, 1.54) is 35.3 Å². The summed E-state index contributed by atoms with van der Waals surface area (Å²) < 4.78 is 6.55. The topological polar surface area (TPSA) is 48.1 Å². The highest BCUT2D eigenvalue weighted by molar-refractivity contribution is 7.16. The lowest BCUT2D eigenvalue weighted by Crippen LogP contribution is -2.37. The first-order chi connectivity index (χ1) is 10.1. The third-order valence-corrected chi connectivity index (χ3v) is 5.95. The van der Waals surface area contributed by atoms with E-state index in [-0.39, 0.29) is 5.60 Å². The Balaban J connectivity index is 1.95. The van der Waals surface area contributed by atoms with Crippen molar-refractivity contribution >= 4 is 16.5 Å². The van der Waals surface area contributed by atoms with Crippen LogP contribution in [0.3, 0.4) is 0 Å². The minimum Gasteiger partial charge on any atom is -0.481 e. The van der Waals surface area contributed by atoms with Crippen molar-refractivity contribution in [3.63, 3.8) is 0 Å². The normalized spacial score (nSPS) is 19.0. The number of rotatable bonds is 0. The highest BCUT2D eigenvalue weighted by Crippen LogP contribution is 2.53. The van der Waals surface area contributed by atoms with Crippen molar-refractivity contribution < 1.29 is 4.74 Å². The minimum atomic E-state index is -0.183. The number of aromatic nitrogens is 1. The second kappa shape index (κ2) is 4.47. The molecule has 110 valence electrons. The average molecular weight is 300 g/mol. The summed E-state index contributed by atoms with van der Waals surface area (Å²) in [6.07, 6.45) is 5.89. The van der Waals surface area contributed by atoms with Gasteiger partial charge in [-0.1, -0.05) is 17.8 Å². The van der Waals surface area contributed by atoms with Crippen LogP contribution in [0.2, 0.25) is 0 Å². The largest absolute Gasteiger partial charge is 0.481 e. The molecule has 1 fully saturated rings. The second-order valence-electron chi connectivity index (χ2n) is 6.32. The highest BCUT2D eigenvalue weighted by atomic mass is 32.1. The van der Waals surface area contributed by atoms with Gasteiger partial charge in [-0.2, -0.15) is 0 Å². The number of nitrogens with two attached hydrogens (primary N) is 1. The van der Waals surface area contributed by atoms with Gasteiger partial charge in [-0.05, 0) is 62.8 Å². The number of nitrogen functional groups attached to an aromatic ring is 1. The van der Waals surface area contributed by atoms with E-state index in [4.69, 9.17) is 10.5 Å². The molecule has 21 heavy (non-hydrogen) atoms. The van der Waals surface area contributed by atoms with Gasteiger partial charge in [0.25, 0.3) is 0 Å². The number of aryl methyl sites for hydroxylation is 2. The summed E-state index contributed by atoms with van der Waals surface area (Å²) >= 11 is 1.61. The molecule has 3 nitrogen and oxygen atoms in total. The molecule has 0 atom stereocenters. The fourth-order valence-electron chi connectivity index (χ4n) is 3.60. The van der Waals surface area contributed by atoms with Crippen molar-refractivity contribution in [3.05, 3.63) is 28.1 Å². The lowest BCUT2D eigenvalue weighted by molar-refractivity contribution is 0.0272. The second-order valence-corrected chi connectivity index (χ2v) is 7.35. The third kappa shape index (κ3) is 1.89. The molecule has 0 radical (unpaired) electrons. The summed E-state index contributed by atoms with van der Waals surface area (Å²) in [5, 5.41) is 0.652. The maximum atomic E-state index is 6.55. The molecule has 1 aliphatic carbocycles. The Bertz CT molecular complexity index is 714. The number of hydrogen-bond acceptors (Lipinski definition) is 4. The molecule has 1 saturated carbocycles. The van der Waals surface area contributed by atoms with Gasteiger partial charge in [0, 0.05) is 5.56 Å². The van der Waals surface area contributed by atoms with Crippen molar-refractivity contribution in [2.45, 2.75) is 51.6 Å². The first kappa shape index (κ1) is 13.1. The van der Waals surface area contributed by atoms with Gasteiger partial charge in [0.05, 0.1) is 10.6 Å². The van der Waals surface area contributed by atoms with Crippen molar-refractivity contribution in [1.29, 1.82) is 0 Å². The van der Waals surface area contributed by atoms with Crippen molar-refractivity contribution in [2.75, 3.05) is 5.73 Å². The third-order valence-electron chi connectivity index (χ3n) is 4.88. The summed E-state index contributed by atoms with van der Waals surface area (Å²) in [5.41, 5.74) is 10.6. The van der Waals surface area contributed by atoms with E-state index < -0.39 is 0 Å². The van der Waals surface area contributed by atoms with Crippen molar-refractivity contribution in [2.24, 2.45) is 0 Å². The average Bonchev–Trinajstić information content (AvgIpc) is 2.86. The minimum absolute atomic E-state index is 0.183. The standard InChI is InChI=1S/C17H20N2OS/c1-10-8-12-13(9-11(10)2)20-17(6-4-3-5-7-17)15-14(12)19-16(18)21-15/h8-9H,3-7H2,1-2H3,(H2,18,19). The number of hydrogen-bond donors (Lipinski definition) is 1. The Morgan fingerprint density at radius 1 is 1.14 bits per heavy atom. The van der Waals surface area contributed by atoms with Gasteiger partial charge in [0.1, 0.15) is 11.4 Å². The first-order valence-corrected chi connectivity index (χ1v) is 8.48. The zero-order valence-electron chi connectivity index (χ0n) is 12.5. The number of nitrogens with zero attached hydrogens (tertiary/aromatic N) is 1. The monoisotopic (exact) mass is 300 g/mol. The molecule has 2 aliphatic rings. The molecule has 2 aromatic rings. The van der Waals surface area contributed by atoms with Gasteiger partial charge in [0.15, 0.2) is 5.13 Å². The van der Waals surface area contributed by atoms with Crippen LogP contribution in [-0.4, -0.2) is 4.98 Å². The number of fused-ring (bicyclic) bond motifs is 4. The lowest BCUT2D eigenvalue weighted by Gasteiger charge is -2.40. The van der Waals surface area contributed by atoms with E-state index in [2.05, 4.69) is 31.0 Å². The van der Waals surface area contributed by atoms with Gasteiger partial charge in [-0.15, -0.1) is 0 Å². The van der Waals surface area contributed by atoms with E-state index >= 15 is 0 Å². The molecular weight excluding hydrogens is 280 g/mol. The molecular formula is C17H20N2OS. The fraction of sp³-hybridized carbons (Fsp3) is 0.471. The smallest absolute Gasteiger partial charge is 0.180 e. The van der Waals surface area contributed by atoms with E-state index in [1.54, 1.807) is 11.3 Å². The van der Waals surface area contributed by atoms with Gasteiger partial charge < -0.3 is 10.5 Å². The van der Waals surface area contributed by atoms with Crippen LogP contribution < -0.4 is 10.5 Å². The molecule has 4 heteroatoms. The van der Waals surface area contributed by atoms with Gasteiger partial charge in [-0.25, -0.2) is 4.98 Å². The summed E-state index contributed by atoms with van der Waals surface area (Å²) in [6, 6.07) is 4.36. The number of ether oxygens (including phenoxy) is 1. The first-order valence-electron chi connectivity index (χ1n) is 7.66. The summed E-state index contributed by atoms with van der Waals surface area (Å²) in [6.45, 7) is 4.27. The van der Waals surface area contributed by atoms with Crippen LogP contribution in [0.1, 0.15) is 48.1 Å². The van der Waals surface area contributed by atoms with E-state index in [0.717, 1.165) is 29.8 Å². The fourth-order valence-corrected chi connectivity index (χ4v) is 4.63. The molecule has 0 unspecified atom stereocenters. The predicted molar refractivity (Wildman–Crippen MR) is 86.8 cm³/mol. The molecule has 1 aromatic carbocycles. The lowest BCUT2D eigenvalue weighted by atomic mass is 9.80. The Morgan fingerprint density at radius 2 is 1.86 bits per heavy atom. The summed E-state index contributed by atoms with van der Waals surface area (Å²) in [5.74, 6) is 0.984. The van der Waals surface area contributed by atoms with Crippen LogP contribution in [0.4, 0.5) is 5.13 Å². The van der Waals surface area contributed by atoms with Gasteiger partial charge in [-0.3, -0.25) is 0 Å². The molecule has 2 heterocycles. The van der Waals surface area contributed by atoms with Crippen molar-refractivity contribution in [3.8, 4) is 17.0 Å². The van der Waals surface area contributed by atoms with E-state index in [0.29, 0.717) is 5.13 Å². The Morgan fingerprint density at radius 3 is 2.62 bits per heavy atom. The van der Waals surface area contributed by atoms with E-state index in [9.17, 15) is 0 Å². The molecule has 4 rings (SSSR count). The van der Waals surface area contributed by atoms with Crippen LogP contribution in [0, 0.1) is 13.8 Å². The predicted octanol–water partition coefficient (Wildman–Crippen LogP) is 4.56. The van der Waals surface area contributed by atoms with Crippen LogP contribution in [-0.2, 0) is 5.60 Å². The highest BCUT2D eigenvalue weighted by Gasteiger charge is 2.44. The van der Waals surface area contributed by atoms with Crippen LogP contribution >= 0.6 is 11.3 Å². The molecule has 0 saturated heterocycles. The summed E-state index contributed by atoms with van der Waals surface area (Å²) in [4.78, 5) is 5.87. The van der Waals surface area contributed by atoms with Gasteiger partial charge >= 0.3 is 0 Å². The number of benzene rings is 1. The maximum Gasteiger partial charge on any atom is 0.180 e. The number of anilines is 1. The Hall–Kier alpha value is -1.55. The van der Waals surface area contributed by atoms with Crippen LogP contribution in [0.5, 0.6) is 5.75 Å². The van der Waals surface area contributed by atoms with Crippen molar-refractivity contribution in [1.82, 2.24) is 4.98 Å².